The van der Waals surface area contributed by atoms with Crippen molar-refractivity contribution in [3.05, 3.63) is 24.0 Å². The first-order chi connectivity index (χ1) is 6.18. The van der Waals surface area contributed by atoms with E-state index in [1.165, 1.54) is 6.92 Å². The molecule has 0 aromatic carbocycles. The van der Waals surface area contributed by atoms with Crippen molar-refractivity contribution in [1.82, 2.24) is 15.1 Å². The van der Waals surface area contributed by atoms with Crippen LogP contribution in [0.1, 0.15) is 12.6 Å². The summed E-state index contributed by atoms with van der Waals surface area (Å²) in [5.41, 5.74) is 0.896. The van der Waals surface area contributed by atoms with E-state index in [2.05, 4.69) is 10.4 Å². The van der Waals surface area contributed by atoms with Crippen molar-refractivity contribution in [1.29, 1.82) is 0 Å². The minimum absolute atomic E-state index is 0.0225. The standard InChI is InChI=1S/C9H13N3O/c1-8(13)10-6-3-4-9-5-7-12(2)11-9/h3-5,7H,6H2,1-2H3,(H,10,13). The van der Waals surface area contributed by atoms with Crippen LogP contribution in [0.15, 0.2) is 18.3 Å². The van der Waals surface area contributed by atoms with Gasteiger partial charge >= 0.3 is 0 Å². The van der Waals surface area contributed by atoms with Gasteiger partial charge in [0.2, 0.25) is 5.91 Å². The number of carbonyl (C=O) groups excluding carboxylic acids is 1. The summed E-state index contributed by atoms with van der Waals surface area (Å²) in [5, 5.41) is 6.81. The van der Waals surface area contributed by atoms with Gasteiger partial charge in [0.1, 0.15) is 0 Å². The number of amides is 1. The van der Waals surface area contributed by atoms with Gasteiger partial charge in [0, 0.05) is 26.7 Å². The van der Waals surface area contributed by atoms with Crippen molar-refractivity contribution in [3.8, 4) is 0 Å². The molecule has 0 fully saturated rings. The Hall–Kier alpha value is -1.58. The largest absolute Gasteiger partial charge is 0.353 e. The third-order valence-electron chi connectivity index (χ3n) is 1.49. The van der Waals surface area contributed by atoms with Crippen molar-refractivity contribution < 1.29 is 4.79 Å². The van der Waals surface area contributed by atoms with Gasteiger partial charge in [0.15, 0.2) is 0 Å². The van der Waals surface area contributed by atoms with E-state index in [9.17, 15) is 4.79 Å². The Morgan fingerprint density at radius 3 is 3.08 bits per heavy atom. The van der Waals surface area contributed by atoms with Crippen LogP contribution >= 0.6 is 0 Å². The van der Waals surface area contributed by atoms with E-state index in [0.717, 1.165) is 5.69 Å². The average molecular weight is 179 g/mol. The number of nitrogens with one attached hydrogen (secondary N) is 1. The lowest BCUT2D eigenvalue weighted by atomic mass is 10.4. The lowest BCUT2D eigenvalue weighted by molar-refractivity contribution is -0.118. The van der Waals surface area contributed by atoms with Gasteiger partial charge in [-0.25, -0.2) is 0 Å². The fraction of sp³-hybridized carbons (Fsp3) is 0.333. The number of carbonyl (C=O) groups is 1. The van der Waals surface area contributed by atoms with Crippen molar-refractivity contribution >= 4 is 12.0 Å². The maximum Gasteiger partial charge on any atom is 0.217 e. The Kier molecular flexibility index (Phi) is 3.25. The summed E-state index contributed by atoms with van der Waals surface area (Å²) in [6.45, 7) is 2.04. The van der Waals surface area contributed by atoms with Gasteiger partial charge in [-0.2, -0.15) is 5.10 Å². The minimum atomic E-state index is -0.0225. The molecule has 0 saturated carbocycles. The number of aromatic nitrogens is 2. The zero-order valence-corrected chi connectivity index (χ0v) is 7.82. The number of nitrogens with zero attached hydrogens (tertiary/aromatic N) is 2. The summed E-state index contributed by atoms with van der Waals surface area (Å²) >= 11 is 0. The predicted octanol–water partition coefficient (Wildman–Crippen LogP) is 0.569. The Morgan fingerprint density at radius 2 is 2.54 bits per heavy atom. The lowest BCUT2D eigenvalue weighted by Gasteiger charge is -1.93. The van der Waals surface area contributed by atoms with Crippen LogP contribution in [0.5, 0.6) is 0 Å². The van der Waals surface area contributed by atoms with E-state index in [1.54, 1.807) is 4.68 Å². The van der Waals surface area contributed by atoms with Crippen molar-refractivity contribution in [2.75, 3.05) is 6.54 Å². The molecule has 1 rings (SSSR count). The van der Waals surface area contributed by atoms with Crippen LogP contribution in [-0.4, -0.2) is 22.2 Å². The second-order valence-electron chi connectivity index (χ2n) is 2.75. The maximum atomic E-state index is 10.5. The monoisotopic (exact) mass is 179 g/mol. The predicted molar refractivity (Wildman–Crippen MR) is 50.9 cm³/mol. The van der Waals surface area contributed by atoms with Crippen LogP contribution in [-0.2, 0) is 11.8 Å². The molecule has 0 saturated heterocycles. The molecule has 4 nitrogen and oxygen atoms in total. The second kappa shape index (κ2) is 4.45. The summed E-state index contributed by atoms with van der Waals surface area (Å²) in [4.78, 5) is 10.5. The maximum absolute atomic E-state index is 10.5. The van der Waals surface area contributed by atoms with E-state index in [4.69, 9.17) is 0 Å². The molecule has 70 valence electrons. The molecule has 0 aliphatic rings. The summed E-state index contributed by atoms with van der Waals surface area (Å²) in [6, 6.07) is 1.91. The molecular weight excluding hydrogens is 166 g/mol. The minimum Gasteiger partial charge on any atom is -0.353 e. The zero-order valence-electron chi connectivity index (χ0n) is 7.82. The van der Waals surface area contributed by atoms with Gasteiger partial charge in [0.05, 0.1) is 5.69 Å². The van der Waals surface area contributed by atoms with E-state index in [-0.39, 0.29) is 5.91 Å². The molecule has 0 radical (unpaired) electrons. The summed E-state index contributed by atoms with van der Waals surface area (Å²) < 4.78 is 1.73. The zero-order chi connectivity index (χ0) is 9.68. The highest BCUT2D eigenvalue weighted by Gasteiger charge is 1.89. The van der Waals surface area contributed by atoms with Crippen LogP contribution in [0.3, 0.4) is 0 Å². The first-order valence-corrected chi connectivity index (χ1v) is 4.09. The fourth-order valence-corrected chi connectivity index (χ4v) is 0.904. The third kappa shape index (κ3) is 3.55. The summed E-state index contributed by atoms with van der Waals surface area (Å²) in [7, 11) is 1.87. The molecule has 0 atom stereocenters. The van der Waals surface area contributed by atoms with Crippen molar-refractivity contribution in [2.45, 2.75) is 6.92 Å². The number of rotatable bonds is 3. The smallest absolute Gasteiger partial charge is 0.217 e. The van der Waals surface area contributed by atoms with Crippen molar-refractivity contribution in [3.63, 3.8) is 0 Å². The Balaban J connectivity index is 2.36. The molecule has 13 heavy (non-hydrogen) atoms. The van der Waals surface area contributed by atoms with Gasteiger partial charge in [-0.3, -0.25) is 9.48 Å². The van der Waals surface area contributed by atoms with Gasteiger partial charge in [-0.05, 0) is 12.1 Å². The summed E-state index contributed by atoms with van der Waals surface area (Å²) in [5.74, 6) is -0.0225. The second-order valence-corrected chi connectivity index (χ2v) is 2.75. The molecule has 0 bridgehead atoms. The molecule has 0 unspecified atom stereocenters. The van der Waals surface area contributed by atoms with Gasteiger partial charge < -0.3 is 5.32 Å². The third-order valence-corrected chi connectivity index (χ3v) is 1.49. The molecular formula is C9H13N3O. The van der Waals surface area contributed by atoms with Crippen LogP contribution < -0.4 is 5.32 Å². The average Bonchev–Trinajstić information content (AvgIpc) is 2.45. The normalized spacial score (nSPS) is 10.6. The highest BCUT2D eigenvalue weighted by atomic mass is 16.1. The molecule has 0 aliphatic carbocycles. The Bertz CT molecular complexity index is 314. The van der Waals surface area contributed by atoms with Gasteiger partial charge in [0.25, 0.3) is 0 Å². The molecule has 1 aromatic rings. The first kappa shape index (κ1) is 9.51. The topological polar surface area (TPSA) is 46.9 Å². The SMILES string of the molecule is CC(=O)NCC=Cc1ccn(C)n1. The van der Waals surface area contributed by atoms with Crippen LogP contribution in [0, 0.1) is 0 Å². The fourth-order valence-electron chi connectivity index (χ4n) is 0.904. The number of hydrogen-bond acceptors (Lipinski definition) is 2. The van der Waals surface area contributed by atoms with Crippen LogP contribution in [0.25, 0.3) is 6.08 Å². The Labute approximate surface area is 77.3 Å². The molecule has 1 heterocycles. The number of hydrogen-bond donors (Lipinski definition) is 1. The first-order valence-electron chi connectivity index (χ1n) is 4.09. The van der Waals surface area contributed by atoms with E-state index in [1.807, 2.05) is 31.5 Å². The number of aryl methyl sites for hydroxylation is 1. The van der Waals surface area contributed by atoms with Crippen LogP contribution in [0.4, 0.5) is 0 Å². The van der Waals surface area contributed by atoms with Gasteiger partial charge in [-0.15, -0.1) is 0 Å². The Morgan fingerprint density at radius 1 is 1.77 bits per heavy atom. The van der Waals surface area contributed by atoms with E-state index < -0.39 is 0 Å². The van der Waals surface area contributed by atoms with E-state index in [0.29, 0.717) is 6.54 Å². The highest BCUT2D eigenvalue weighted by molar-refractivity contribution is 5.73. The molecule has 0 spiro atoms. The van der Waals surface area contributed by atoms with E-state index >= 15 is 0 Å². The quantitative estimate of drug-likeness (QED) is 0.737. The molecule has 0 aliphatic heterocycles. The molecule has 1 amide bonds. The van der Waals surface area contributed by atoms with Crippen molar-refractivity contribution in [2.24, 2.45) is 7.05 Å². The molecule has 1 aromatic heterocycles. The molecule has 4 heteroatoms. The lowest BCUT2D eigenvalue weighted by Crippen LogP contribution is -2.19. The summed E-state index contributed by atoms with van der Waals surface area (Å²) in [6.07, 6.45) is 5.61. The van der Waals surface area contributed by atoms with Gasteiger partial charge in [-0.1, -0.05) is 6.08 Å². The van der Waals surface area contributed by atoms with Crippen LogP contribution in [0.2, 0.25) is 0 Å². The highest BCUT2D eigenvalue weighted by Crippen LogP contribution is 1.95. The molecule has 1 N–H and O–H groups in total.